The number of para-hydroxylation sites is 1. The molecule has 1 saturated heterocycles. The van der Waals surface area contributed by atoms with Crippen LogP contribution in [0.1, 0.15) is 6.42 Å². The highest BCUT2D eigenvalue weighted by Gasteiger charge is 2.39. The van der Waals surface area contributed by atoms with Crippen LogP contribution < -0.4 is 10.6 Å². The molecule has 0 saturated carbocycles. The summed E-state index contributed by atoms with van der Waals surface area (Å²) in [5, 5.41) is -0.272. The number of benzene rings is 1. The summed E-state index contributed by atoms with van der Waals surface area (Å²) in [5.41, 5.74) is 6.05. The monoisotopic (exact) mass is 250 g/mol. The normalized spacial score (nSPS) is 20.1. The van der Waals surface area contributed by atoms with Crippen molar-refractivity contribution in [3.8, 4) is 0 Å². The molecule has 1 aliphatic rings. The summed E-state index contributed by atoms with van der Waals surface area (Å²) < 4.78 is 0. The Kier molecular flexibility index (Phi) is 3.81. The van der Waals surface area contributed by atoms with E-state index in [0.717, 1.165) is 0 Å². The number of thioether (sulfide) groups is 1. The van der Waals surface area contributed by atoms with Gasteiger partial charge in [0.1, 0.15) is 0 Å². The number of hydrogen-bond acceptors (Lipinski definition) is 4. The Labute approximate surface area is 104 Å². The average molecular weight is 250 g/mol. The Morgan fingerprint density at radius 1 is 1.29 bits per heavy atom. The van der Waals surface area contributed by atoms with Crippen LogP contribution in [0.4, 0.5) is 5.69 Å². The molecule has 5 heteroatoms. The van der Waals surface area contributed by atoms with Gasteiger partial charge >= 0.3 is 0 Å². The Balaban J connectivity index is 2.15. The first-order chi connectivity index (χ1) is 8.24. The Hall–Kier alpha value is -1.33. The molecule has 1 aliphatic heterocycles. The molecular formula is C12H14N2O2S. The van der Waals surface area contributed by atoms with Crippen molar-refractivity contribution < 1.29 is 9.59 Å². The van der Waals surface area contributed by atoms with Crippen LogP contribution in [0.2, 0.25) is 0 Å². The minimum atomic E-state index is -0.272. The number of carbonyl (C=O) groups is 2. The zero-order chi connectivity index (χ0) is 12.3. The lowest BCUT2D eigenvalue weighted by atomic mass is 10.3. The second-order valence-corrected chi connectivity index (χ2v) is 5.07. The van der Waals surface area contributed by atoms with E-state index in [1.54, 1.807) is 12.1 Å². The quantitative estimate of drug-likeness (QED) is 0.810. The van der Waals surface area contributed by atoms with E-state index in [9.17, 15) is 9.59 Å². The van der Waals surface area contributed by atoms with Crippen LogP contribution in [0.5, 0.6) is 0 Å². The van der Waals surface area contributed by atoms with Gasteiger partial charge in [-0.25, -0.2) is 4.90 Å². The van der Waals surface area contributed by atoms with Gasteiger partial charge in [0.05, 0.1) is 10.9 Å². The van der Waals surface area contributed by atoms with Gasteiger partial charge in [-0.15, -0.1) is 11.8 Å². The summed E-state index contributed by atoms with van der Waals surface area (Å²) in [7, 11) is 0. The number of nitrogens with zero attached hydrogens (tertiary/aromatic N) is 1. The van der Waals surface area contributed by atoms with Crippen molar-refractivity contribution in [2.24, 2.45) is 5.73 Å². The summed E-state index contributed by atoms with van der Waals surface area (Å²) in [4.78, 5) is 25.2. The van der Waals surface area contributed by atoms with Crippen LogP contribution in [0, 0.1) is 0 Å². The standard InChI is InChI=1S/C12H14N2O2S/c13-6-7-17-10-8-11(15)14(12(10)16)9-4-2-1-3-5-9/h1-5,10H,6-8,13H2/t10-/m1/s1. The van der Waals surface area contributed by atoms with Crippen LogP contribution in [0.3, 0.4) is 0 Å². The molecule has 0 aliphatic carbocycles. The molecule has 0 bridgehead atoms. The maximum absolute atomic E-state index is 12.1. The second-order valence-electron chi connectivity index (χ2n) is 3.76. The maximum Gasteiger partial charge on any atom is 0.247 e. The van der Waals surface area contributed by atoms with E-state index >= 15 is 0 Å². The molecule has 1 aromatic rings. The molecule has 0 aromatic heterocycles. The summed E-state index contributed by atoms with van der Waals surface area (Å²) >= 11 is 1.46. The van der Waals surface area contributed by atoms with Crippen molar-refractivity contribution in [1.29, 1.82) is 0 Å². The van der Waals surface area contributed by atoms with Gasteiger partial charge in [0, 0.05) is 18.7 Å². The first kappa shape index (κ1) is 12.1. The summed E-state index contributed by atoms with van der Waals surface area (Å²) in [6, 6.07) is 9.03. The van der Waals surface area contributed by atoms with Gasteiger partial charge in [0.2, 0.25) is 11.8 Å². The molecular weight excluding hydrogens is 236 g/mol. The largest absolute Gasteiger partial charge is 0.330 e. The lowest BCUT2D eigenvalue weighted by molar-refractivity contribution is -0.121. The van der Waals surface area contributed by atoms with Gasteiger partial charge in [0.15, 0.2) is 0 Å². The molecule has 0 spiro atoms. The fourth-order valence-electron chi connectivity index (χ4n) is 1.79. The van der Waals surface area contributed by atoms with Crippen LogP contribution in [-0.4, -0.2) is 29.4 Å². The molecule has 1 atom stereocenters. The third-order valence-electron chi connectivity index (χ3n) is 2.56. The van der Waals surface area contributed by atoms with Crippen LogP contribution in [0.15, 0.2) is 30.3 Å². The maximum atomic E-state index is 12.1. The van der Waals surface area contributed by atoms with Gasteiger partial charge in [-0.1, -0.05) is 18.2 Å². The lowest BCUT2D eigenvalue weighted by Crippen LogP contribution is -2.31. The van der Waals surface area contributed by atoms with Gasteiger partial charge in [-0.2, -0.15) is 0 Å². The van der Waals surface area contributed by atoms with E-state index in [2.05, 4.69) is 0 Å². The third-order valence-corrected chi connectivity index (χ3v) is 3.80. The van der Waals surface area contributed by atoms with E-state index in [0.29, 0.717) is 18.0 Å². The van der Waals surface area contributed by atoms with Crippen molar-refractivity contribution in [2.45, 2.75) is 11.7 Å². The highest BCUT2D eigenvalue weighted by atomic mass is 32.2. The highest BCUT2D eigenvalue weighted by molar-refractivity contribution is 8.00. The molecule has 1 heterocycles. The minimum absolute atomic E-state index is 0.125. The van der Waals surface area contributed by atoms with E-state index in [1.807, 2.05) is 18.2 Å². The van der Waals surface area contributed by atoms with Crippen LogP contribution >= 0.6 is 11.8 Å². The van der Waals surface area contributed by atoms with E-state index in [4.69, 9.17) is 5.73 Å². The topological polar surface area (TPSA) is 63.4 Å². The molecule has 0 radical (unpaired) electrons. The molecule has 0 unspecified atom stereocenters. The van der Waals surface area contributed by atoms with E-state index in [-0.39, 0.29) is 23.5 Å². The fraction of sp³-hybridized carbons (Fsp3) is 0.333. The SMILES string of the molecule is NCCS[C@@H]1CC(=O)N(c2ccccc2)C1=O. The summed E-state index contributed by atoms with van der Waals surface area (Å²) in [5.74, 6) is 0.446. The average Bonchev–Trinajstić information content (AvgIpc) is 2.63. The Morgan fingerprint density at radius 3 is 2.65 bits per heavy atom. The first-order valence-electron chi connectivity index (χ1n) is 5.47. The van der Waals surface area contributed by atoms with Crippen molar-refractivity contribution >= 4 is 29.3 Å². The van der Waals surface area contributed by atoms with Gasteiger partial charge < -0.3 is 5.73 Å². The van der Waals surface area contributed by atoms with Crippen LogP contribution in [0.25, 0.3) is 0 Å². The fourth-order valence-corrected chi connectivity index (χ4v) is 2.72. The predicted octanol–water partition coefficient (Wildman–Crippen LogP) is 1.01. The van der Waals surface area contributed by atoms with E-state index in [1.165, 1.54) is 16.7 Å². The predicted molar refractivity (Wildman–Crippen MR) is 68.9 cm³/mol. The number of hydrogen-bond donors (Lipinski definition) is 1. The molecule has 1 aromatic carbocycles. The summed E-state index contributed by atoms with van der Waals surface area (Å²) in [6.07, 6.45) is 0.276. The summed E-state index contributed by atoms with van der Waals surface area (Å²) in [6.45, 7) is 0.522. The lowest BCUT2D eigenvalue weighted by Gasteiger charge is -2.14. The zero-order valence-electron chi connectivity index (χ0n) is 9.33. The third kappa shape index (κ3) is 2.50. The number of carbonyl (C=O) groups excluding carboxylic acids is 2. The molecule has 90 valence electrons. The van der Waals surface area contributed by atoms with Crippen molar-refractivity contribution in [3.63, 3.8) is 0 Å². The Bertz CT molecular complexity index is 422. The molecule has 2 N–H and O–H groups in total. The zero-order valence-corrected chi connectivity index (χ0v) is 10.2. The molecule has 2 rings (SSSR count). The number of amides is 2. The van der Waals surface area contributed by atoms with Crippen molar-refractivity contribution in [2.75, 3.05) is 17.2 Å². The number of nitrogens with two attached hydrogens (primary N) is 1. The van der Waals surface area contributed by atoms with Gasteiger partial charge in [-0.05, 0) is 12.1 Å². The molecule has 17 heavy (non-hydrogen) atoms. The van der Waals surface area contributed by atoms with Gasteiger partial charge in [0.25, 0.3) is 0 Å². The highest BCUT2D eigenvalue weighted by Crippen LogP contribution is 2.28. The number of imide groups is 1. The Morgan fingerprint density at radius 2 is 2.00 bits per heavy atom. The minimum Gasteiger partial charge on any atom is -0.330 e. The van der Waals surface area contributed by atoms with E-state index < -0.39 is 0 Å². The first-order valence-corrected chi connectivity index (χ1v) is 6.52. The van der Waals surface area contributed by atoms with Gasteiger partial charge in [-0.3, -0.25) is 9.59 Å². The van der Waals surface area contributed by atoms with Crippen molar-refractivity contribution in [3.05, 3.63) is 30.3 Å². The molecule has 1 fully saturated rings. The van der Waals surface area contributed by atoms with Crippen LogP contribution in [-0.2, 0) is 9.59 Å². The second kappa shape index (κ2) is 5.33. The molecule has 4 nitrogen and oxygen atoms in total. The smallest absolute Gasteiger partial charge is 0.247 e. The molecule has 2 amide bonds. The van der Waals surface area contributed by atoms with Crippen molar-refractivity contribution in [1.82, 2.24) is 0 Å². The number of rotatable bonds is 4. The number of anilines is 1.